The van der Waals surface area contributed by atoms with Crippen molar-refractivity contribution in [2.75, 3.05) is 0 Å². The van der Waals surface area contributed by atoms with E-state index >= 15 is 0 Å². The Labute approximate surface area is 125 Å². The van der Waals surface area contributed by atoms with E-state index in [1.807, 2.05) is 3.37 Å². The van der Waals surface area contributed by atoms with Crippen LogP contribution in [-0.4, -0.2) is 61.7 Å². The summed E-state index contributed by atoms with van der Waals surface area (Å²) in [6, 6.07) is 0. The van der Waals surface area contributed by atoms with Crippen LogP contribution in [0, 0.1) is 0 Å². The zero-order valence-corrected chi connectivity index (χ0v) is 16.7. The molecule has 0 aromatic rings. The van der Waals surface area contributed by atoms with E-state index in [2.05, 4.69) is 57.5 Å². The van der Waals surface area contributed by atoms with Gasteiger partial charge < -0.3 is 0 Å². The van der Waals surface area contributed by atoms with Crippen molar-refractivity contribution in [2.24, 2.45) is 0 Å². The first-order chi connectivity index (χ1) is 8.43. The topological polar surface area (TPSA) is 0 Å². The van der Waals surface area contributed by atoms with Gasteiger partial charge in [0.2, 0.25) is 0 Å². The Balaban J connectivity index is 1.87. The van der Waals surface area contributed by atoms with Crippen LogP contribution in [-0.2, 0) is 0 Å². The van der Waals surface area contributed by atoms with E-state index in [4.69, 9.17) is 0 Å². The van der Waals surface area contributed by atoms with Crippen molar-refractivity contribution < 1.29 is 0 Å². The summed E-state index contributed by atoms with van der Waals surface area (Å²) in [6.07, 6.45) is 16.2. The van der Waals surface area contributed by atoms with Crippen molar-refractivity contribution in [2.45, 2.75) is 0 Å². The summed E-state index contributed by atoms with van der Waals surface area (Å²) < 4.78 is 5.37. The molecule has 0 nitrogen and oxygen atoms in total. The molecule has 0 saturated carbocycles. The molecular formula is C13H14Se4. The molecule has 17 heavy (non-hydrogen) atoms. The average molecular weight is 486 g/mol. The molecule has 0 saturated heterocycles. The summed E-state index contributed by atoms with van der Waals surface area (Å²) in [5.41, 5.74) is 0. The monoisotopic (exact) mass is 490 g/mol. The van der Waals surface area contributed by atoms with Gasteiger partial charge in [0.25, 0.3) is 0 Å². The molecule has 0 aromatic carbocycles. The molecule has 1 atom stereocenters. The van der Waals surface area contributed by atoms with E-state index in [1.54, 1.807) is 6.69 Å². The Bertz CT molecular complexity index is 542. The average Bonchev–Trinajstić information content (AvgIpc) is 3.01. The molecule has 0 spiro atoms. The van der Waals surface area contributed by atoms with Crippen molar-refractivity contribution in [1.29, 1.82) is 0 Å². The third kappa shape index (κ3) is 3.04. The van der Waals surface area contributed by atoms with Crippen molar-refractivity contribution in [1.82, 2.24) is 0 Å². The number of hydrogen-bond acceptors (Lipinski definition) is 0. The predicted octanol–water partition coefficient (Wildman–Crippen LogP) is 0.219. The summed E-state index contributed by atoms with van der Waals surface area (Å²) in [5, 5.41) is 0. The summed E-state index contributed by atoms with van der Waals surface area (Å²) in [7, 11) is 0. The minimum atomic E-state index is -0.718. The number of allylic oxidation sites excluding steroid dienone is 7. The van der Waals surface area contributed by atoms with E-state index in [-0.39, 0.29) is 29.9 Å². The van der Waals surface area contributed by atoms with Crippen molar-refractivity contribution in [3.63, 3.8) is 0 Å². The zero-order chi connectivity index (χ0) is 11.5. The quantitative estimate of drug-likeness (QED) is 0.502. The Morgan fingerprint density at radius 2 is 1.82 bits per heavy atom. The molecule has 90 valence electrons. The van der Waals surface area contributed by atoms with Crippen LogP contribution in [0.15, 0.2) is 64.2 Å². The Hall–Kier alpha value is 0.388. The maximum absolute atomic E-state index is 2.52. The molecule has 3 heterocycles. The van der Waals surface area contributed by atoms with E-state index in [1.165, 1.54) is 0 Å². The van der Waals surface area contributed by atoms with Gasteiger partial charge in [-0.25, -0.2) is 0 Å². The van der Waals surface area contributed by atoms with E-state index < -0.39 is 13.5 Å². The second kappa shape index (κ2) is 6.02. The molecule has 0 aliphatic carbocycles. The van der Waals surface area contributed by atoms with Crippen LogP contribution in [0.5, 0.6) is 0 Å². The molecule has 0 fully saturated rings. The second-order valence-corrected chi connectivity index (χ2v) is 19.2. The molecule has 0 bridgehead atoms. The van der Waals surface area contributed by atoms with Gasteiger partial charge in [-0.1, -0.05) is 0 Å². The fourth-order valence-electron chi connectivity index (χ4n) is 1.60. The molecule has 3 aliphatic rings. The molecule has 1 unspecified atom stereocenters. The van der Waals surface area contributed by atoms with Gasteiger partial charge in [-0.2, -0.15) is 0 Å². The fourth-order valence-corrected chi connectivity index (χ4v) is 21.9. The SMILES string of the molecule is C1=C[SeH2]C([Se]C2=[Se](C3=CC=C[SeH2]3)C=CC=C2)=C1. The molecule has 3 aliphatic heterocycles. The fraction of sp³-hybridized carbons (Fsp3) is 0. The van der Waals surface area contributed by atoms with Gasteiger partial charge >= 0.3 is 126 Å². The van der Waals surface area contributed by atoms with E-state index in [9.17, 15) is 0 Å². The zero-order valence-electron chi connectivity index (χ0n) is 9.09. The first kappa shape index (κ1) is 12.4. The molecule has 3 rings (SSSR count). The van der Waals surface area contributed by atoms with Crippen LogP contribution in [0.4, 0.5) is 0 Å². The third-order valence-corrected chi connectivity index (χ3v) is 19.5. The van der Waals surface area contributed by atoms with Crippen molar-refractivity contribution in [3.05, 3.63) is 64.2 Å². The minimum absolute atomic E-state index is 0.0875. The van der Waals surface area contributed by atoms with Gasteiger partial charge in [0.05, 0.1) is 0 Å². The van der Waals surface area contributed by atoms with Crippen LogP contribution < -0.4 is 0 Å². The van der Waals surface area contributed by atoms with E-state index in [0.717, 1.165) is 0 Å². The normalized spacial score (nSPS) is 30.4. The van der Waals surface area contributed by atoms with Crippen LogP contribution in [0.1, 0.15) is 0 Å². The summed E-state index contributed by atoms with van der Waals surface area (Å²) >= 11 is 0.126. The molecule has 0 N–H and O–H groups in total. The van der Waals surface area contributed by atoms with Gasteiger partial charge in [-0.05, 0) is 0 Å². The van der Waals surface area contributed by atoms with Gasteiger partial charge in [0.15, 0.2) is 0 Å². The number of hydrogen-bond donors (Lipinski definition) is 0. The Kier molecular flexibility index (Phi) is 4.40. The first-order valence-electron chi connectivity index (χ1n) is 5.33. The first-order valence-corrected chi connectivity index (χ1v) is 14.3. The Morgan fingerprint density at radius 1 is 0.941 bits per heavy atom. The van der Waals surface area contributed by atoms with Crippen LogP contribution in [0.3, 0.4) is 0 Å². The van der Waals surface area contributed by atoms with Crippen LogP contribution in [0.25, 0.3) is 0 Å². The molecule has 4 heteroatoms. The van der Waals surface area contributed by atoms with Crippen molar-refractivity contribution in [3.8, 4) is 0 Å². The van der Waals surface area contributed by atoms with Gasteiger partial charge in [0.1, 0.15) is 0 Å². The van der Waals surface area contributed by atoms with Gasteiger partial charge in [0, 0.05) is 0 Å². The summed E-state index contributed by atoms with van der Waals surface area (Å²) in [5.74, 6) is 0. The number of rotatable bonds is 3. The van der Waals surface area contributed by atoms with Crippen LogP contribution in [0.2, 0.25) is 0 Å². The Morgan fingerprint density at radius 3 is 2.59 bits per heavy atom. The third-order valence-electron chi connectivity index (χ3n) is 2.36. The summed E-state index contributed by atoms with van der Waals surface area (Å²) in [6.45, 7) is 0. The predicted molar refractivity (Wildman–Crippen MR) is 86.3 cm³/mol. The van der Waals surface area contributed by atoms with Gasteiger partial charge in [-0.15, -0.1) is 0 Å². The van der Waals surface area contributed by atoms with Crippen molar-refractivity contribution >= 4 is 61.7 Å². The summed E-state index contributed by atoms with van der Waals surface area (Å²) in [4.78, 5) is 7.33. The van der Waals surface area contributed by atoms with E-state index in [0.29, 0.717) is 15.0 Å². The molecule has 0 radical (unpaired) electrons. The van der Waals surface area contributed by atoms with Crippen LogP contribution >= 0.6 is 0 Å². The standard InChI is InChI=1S/C13H14Se4/c1-2-10-17(12-7-4-9-15-12)13(6-1)16-11-5-3-8-14-11/h1-10H,14-15H2. The molecule has 0 amide bonds. The second-order valence-electron chi connectivity index (χ2n) is 3.52. The van der Waals surface area contributed by atoms with Gasteiger partial charge in [-0.3, -0.25) is 0 Å². The molecular weight excluding hydrogens is 472 g/mol. The maximum atomic E-state index is 2.52. The molecule has 0 aromatic heterocycles.